The van der Waals surface area contributed by atoms with E-state index in [0.29, 0.717) is 73.4 Å². The fourth-order valence-corrected chi connectivity index (χ4v) is 12.5. The summed E-state index contributed by atoms with van der Waals surface area (Å²) in [5.41, 5.74) is 5.93. The summed E-state index contributed by atoms with van der Waals surface area (Å²) in [5, 5.41) is 40.7. The molecule has 0 radical (unpaired) electrons. The Kier molecular flexibility index (Phi) is 45.5. The van der Waals surface area contributed by atoms with E-state index in [-0.39, 0.29) is 67.9 Å². The van der Waals surface area contributed by atoms with Gasteiger partial charge >= 0.3 is 0 Å². The van der Waals surface area contributed by atoms with Crippen molar-refractivity contribution >= 4 is 35.4 Å². The molecule has 6 rings (SSSR count). The van der Waals surface area contributed by atoms with Crippen LogP contribution in [0, 0.1) is 53.3 Å². The molecule has 109 heavy (non-hydrogen) atoms. The normalized spacial score (nSPS) is 12.5. The van der Waals surface area contributed by atoms with Gasteiger partial charge in [0.2, 0.25) is 0 Å². The van der Waals surface area contributed by atoms with Gasteiger partial charge in [0.05, 0.1) is 0 Å². The van der Waals surface area contributed by atoms with Crippen LogP contribution in [0.5, 0.6) is 0 Å². The second-order valence-electron chi connectivity index (χ2n) is 31.3. The molecule has 0 aliphatic heterocycles. The molecule has 6 aromatic heterocycles. The number of rotatable bonds is 40. The van der Waals surface area contributed by atoms with Crippen LogP contribution in [0.25, 0.3) is 0 Å². The van der Waals surface area contributed by atoms with Crippen molar-refractivity contribution in [3.8, 4) is 0 Å². The van der Waals surface area contributed by atoms with E-state index in [1.165, 1.54) is 0 Å². The van der Waals surface area contributed by atoms with Gasteiger partial charge in [-0.05, 0) is 130 Å². The van der Waals surface area contributed by atoms with E-state index in [2.05, 4.69) is 187 Å². The SMILES string of the molecule is CCCC(C)(C)CNC(=O)c1cc(CC)on1.CCCC(C)(C)CNC(=O)c1noc(CC)c1C.CCCC(C)(CC)CNC(=O)c1cc(CC)on1.CCCC(C)(CC)CNC(=O)c1noc(CC)c1C.CCc1cc(C(=O)NCC(CC)(CC)CC)no1.CCc1onc(C(=O)NCC(CC)(CC)CC)c1C. The largest absolute Gasteiger partial charge is 0.361 e. The highest BCUT2D eigenvalue weighted by Crippen LogP contribution is 2.32. The van der Waals surface area contributed by atoms with Crippen molar-refractivity contribution in [1.29, 1.82) is 0 Å². The minimum Gasteiger partial charge on any atom is -0.361 e. The van der Waals surface area contributed by atoms with Gasteiger partial charge in [0, 0.05) is 113 Å². The molecule has 6 aromatic rings. The smallest absolute Gasteiger partial charge is 0.273 e. The highest BCUT2D eigenvalue weighted by Gasteiger charge is 2.30. The van der Waals surface area contributed by atoms with Gasteiger partial charge in [0.1, 0.15) is 34.6 Å². The maximum atomic E-state index is 12.2. The zero-order valence-corrected chi connectivity index (χ0v) is 72.6. The van der Waals surface area contributed by atoms with Gasteiger partial charge in [0.25, 0.3) is 35.4 Å². The van der Waals surface area contributed by atoms with Crippen LogP contribution in [0.3, 0.4) is 0 Å². The Morgan fingerprint density at radius 1 is 0.294 bits per heavy atom. The molecule has 2 unspecified atom stereocenters. The molecule has 24 heteroatoms. The summed E-state index contributed by atoms with van der Waals surface area (Å²) in [5.74, 6) is 3.76. The van der Waals surface area contributed by atoms with E-state index >= 15 is 0 Å². The van der Waals surface area contributed by atoms with Gasteiger partial charge in [-0.25, -0.2) is 0 Å². The average molecular weight is 1530 g/mol. The van der Waals surface area contributed by atoms with Crippen molar-refractivity contribution in [1.82, 2.24) is 62.8 Å². The van der Waals surface area contributed by atoms with Gasteiger partial charge in [-0.3, -0.25) is 28.8 Å². The van der Waals surface area contributed by atoms with Gasteiger partial charge < -0.3 is 59.0 Å². The van der Waals surface area contributed by atoms with Crippen LogP contribution < -0.4 is 31.9 Å². The number of hydrogen-bond acceptors (Lipinski definition) is 18. The number of hydrogen-bond donors (Lipinski definition) is 6. The lowest BCUT2D eigenvalue weighted by Crippen LogP contribution is -2.37. The van der Waals surface area contributed by atoms with E-state index in [4.69, 9.17) is 27.1 Å². The molecular weight excluding hydrogens is 1380 g/mol. The Morgan fingerprint density at radius 2 is 0.532 bits per heavy atom. The number of amides is 6. The van der Waals surface area contributed by atoms with Crippen LogP contribution >= 0.6 is 0 Å². The Balaban J connectivity index is 0.000000654. The topological polar surface area (TPSA) is 331 Å². The van der Waals surface area contributed by atoms with Crippen LogP contribution in [0.15, 0.2) is 45.3 Å². The van der Waals surface area contributed by atoms with Crippen molar-refractivity contribution in [2.45, 2.75) is 328 Å². The molecule has 0 bridgehead atoms. The van der Waals surface area contributed by atoms with Crippen molar-refractivity contribution in [3.05, 3.63) is 104 Å². The van der Waals surface area contributed by atoms with Crippen molar-refractivity contribution in [2.24, 2.45) is 32.5 Å². The Labute approximate surface area is 654 Å². The van der Waals surface area contributed by atoms with Crippen LogP contribution in [-0.2, 0) is 38.5 Å². The maximum absolute atomic E-state index is 12.2. The average Bonchev–Trinajstić information content (AvgIpc) is 1.74. The van der Waals surface area contributed by atoms with Gasteiger partial charge in [0.15, 0.2) is 34.2 Å². The van der Waals surface area contributed by atoms with Crippen molar-refractivity contribution in [3.63, 3.8) is 0 Å². The molecule has 0 aliphatic rings. The van der Waals surface area contributed by atoms with Gasteiger partial charge in [-0.2, -0.15) is 0 Å². The van der Waals surface area contributed by atoms with E-state index < -0.39 is 0 Å². The Morgan fingerprint density at radius 3 is 0.752 bits per heavy atom. The lowest BCUT2D eigenvalue weighted by Gasteiger charge is -2.30. The first-order valence-electron chi connectivity index (χ1n) is 41.0. The number of nitrogens with zero attached hydrogens (tertiary/aromatic N) is 6. The molecular formula is C85H146N12O12. The third-order valence-electron chi connectivity index (χ3n) is 21.9. The molecule has 2 atom stereocenters. The summed E-state index contributed by atoms with van der Waals surface area (Å²) in [7, 11) is 0. The lowest BCUT2D eigenvalue weighted by atomic mass is 9.80. The molecule has 6 N–H and O–H groups in total. The summed E-state index contributed by atoms with van der Waals surface area (Å²) in [6.07, 6.45) is 21.9. The first-order chi connectivity index (χ1) is 51.5. The predicted octanol–water partition coefficient (Wildman–Crippen LogP) is 19.2. The number of carbonyl (C=O) groups excluding carboxylic acids is 6. The number of aromatic nitrogens is 6. The Hall–Kier alpha value is -7.92. The van der Waals surface area contributed by atoms with Crippen LogP contribution in [0.4, 0.5) is 0 Å². The molecule has 618 valence electrons. The maximum Gasteiger partial charge on any atom is 0.273 e. The van der Waals surface area contributed by atoms with E-state index in [9.17, 15) is 28.8 Å². The molecule has 24 nitrogen and oxygen atoms in total. The standard InChI is InChI=1S/2C15H26N2O2.3C14H24N2O2.C13H22N2O2/c1-6-9-15(5,8-3)10-16-14(18)13-11(4)12(7-2)19-17-13;1-6-12-11(5)13(17-19-12)14(18)16-10-15(7-2,8-3)9-4;1-6-8-14(4,5)9-15-13(17)12-10(3)11(7-2)18-16-12;1-5-8-14(4,7-3)10-15-13(17)12-9-11(6-2)18-16-12;1-5-11-9-12(16-18-11)13(17)15-10-14(6-2,7-3)8-4;1-5-7-13(3,4)9-14-12(16)11-8-10(6-2)17-15-11/h2*6-10H2,1-5H3,(H,16,18);6-9H2,1-5H3,(H,15,17);2*9H,5-8,10H2,1-4H3,(H,15,17);8H,5-7,9H2,1-4H3,(H,14,16). The highest BCUT2D eigenvalue weighted by molar-refractivity contribution is 5.95. The summed E-state index contributed by atoms with van der Waals surface area (Å²) in [6, 6.07) is 5.11. The quantitative estimate of drug-likeness (QED) is 0.0208. The molecule has 6 amide bonds. The highest BCUT2D eigenvalue weighted by atomic mass is 16.5. The molecule has 0 aromatic carbocycles. The first kappa shape index (κ1) is 99.1. The summed E-state index contributed by atoms with van der Waals surface area (Å²) in [6.45, 7) is 60.6. The fourth-order valence-electron chi connectivity index (χ4n) is 12.5. The monoisotopic (exact) mass is 1530 g/mol. The van der Waals surface area contributed by atoms with Crippen LogP contribution in [0.2, 0.25) is 0 Å². The van der Waals surface area contributed by atoms with E-state index in [0.717, 1.165) is 193 Å². The van der Waals surface area contributed by atoms with Gasteiger partial charge in [-0.15, -0.1) is 0 Å². The van der Waals surface area contributed by atoms with Crippen molar-refractivity contribution < 1.29 is 55.9 Å². The molecule has 6 heterocycles. The second kappa shape index (κ2) is 50.1. The molecule has 0 saturated heterocycles. The van der Waals surface area contributed by atoms with Gasteiger partial charge in [-0.1, -0.05) is 223 Å². The zero-order valence-electron chi connectivity index (χ0n) is 72.6. The van der Waals surface area contributed by atoms with Crippen LogP contribution in [0.1, 0.15) is 383 Å². The summed E-state index contributed by atoms with van der Waals surface area (Å²) < 4.78 is 30.5. The third-order valence-corrected chi connectivity index (χ3v) is 21.9. The zero-order chi connectivity index (χ0) is 82.8. The van der Waals surface area contributed by atoms with Crippen molar-refractivity contribution in [2.75, 3.05) is 39.3 Å². The van der Waals surface area contributed by atoms with E-state index in [1.807, 2.05) is 62.3 Å². The lowest BCUT2D eigenvalue weighted by molar-refractivity contribution is 0.0906. The third kappa shape index (κ3) is 33.3. The minimum atomic E-state index is -0.155. The predicted molar refractivity (Wildman–Crippen MR) is 434 cm³/mol. The van der Waals surface area contributed by atoms with E-state index in [1.54, 1.807) is 18.2 Å². The number of aryl methyl sites for hydroxylation is 6. The first-order valence-corrected chi connectivity index (χ1v) is 41.0. The summed E-state index contributed by atoms with van der Waals surface area (Å²) >= 11 is 0. The molecule has 0 fully saturated rings. The number of carbonyl (C=O) groups is 6. The summed E-state index contributed by atoms with van der Waals surface area (Å²) in [4.78, 5) is 71.9. The Bertz CT molecular complexity index is 3560. The minimum absolute atomic E-state index is 0.121. The van der Waals surface area contributed by atoms with Crippen LogP contribution in [-0.4, -0.2) is 106 Å². The second-order valence-corrected chi connectivity index (χ2v) is 31.3. The molecule has 0 saturated carbocycles. The molecule has 0 spiro atoms. The fraction of sp³-hybridized carbons (Fsp3) is 0.718. The number of nitrogens with one attached hydrogen (secondary N) is 6. The molecule has 0 aliphatic carbocycles.